The fraction of sp³-hybridized carbons (Fsp3) is 0.0968. The zero-order valence-corrected chi connectivity index (χ0v) is 22.9. The Bertz CT molecular complexity index is 1800. The largest absolute Gasteiger partial charge is 0.507 e. The maximum Gasteiger partial charge on any atom is 0.301 e. The minimum atomic E-state index is -0.950. The fourth-order valence-corrected chi connectivity index (χ4v) is 6.66. The number of Topliss-reactive ketones (excluding diaryl/α,β-unsaturated/α-hetero) is 1. The summed E-state index contributed by atoms with van der Waals surface area (Å²) in [6.07, 6.45) is 0. The molecule has 0 spiro atoms. The smallest absolute Gasteiger partial charge is 0.301 e. The Morgan fingerprint density at radius 1 is 0.975 bits per heavy atom. The number of aliphatic hydroxyl groups excluding tert-OH is 1. The molecule has 1 aliphatic heterocycles. The molecular formula is C31H22FN3O3S2. The van der Waals surface area contributed by atoms with Crippen molar-refractivity contribution in [3.63, 3.8) is 0 Å². The molecule has 40 heavy (non-hydrogen) atoms. The molecule has 0 saturated carbocycles. The van der Waals surface area contributed by atoms with E-state index in [-0.39, 0.29) is 16.3 Å². The van der Waals surface area contributed by atoms with Gasteiger partial charge in [0.15, 0.2) is 4.34 Å². The van der Waals surface area contributed by atoms with Crippen LogP contribution in [0.25, 0.3) is 16.5 Å². The van der Waals surface area contributed by atoms with Gasteiger partial charge < -0.3 is 5.11 Å². The van der Waals surface area contributed by atoms with Gasteiger partial charge in [-0.2, -0.15) is 0 Å². The number of benzene rings is 4. The van der Waals surface area contributed by atoms with Gasteiger partial charge in [-0.25, -0.2) is 4.39 Å². The SMILES string of the molecule is Cc1ccc(C(O)=C2C(=O)C(=O)N(c3nnc(SCc4cccc5ccccc45)s3)C2c2ccccc2)cc1F. The van der Waals surface area contributed by atoms with Gasteiger partial charge in [0.1, 0.15) is 11.6 Å². The van der Waals surface area contributed by atoms with E-state index in [1.807, 2.05) is 24.3 Å². The first-order chi connectivity index (χ1) is 19.4. The second kappa shape index (κ2) is 10.7. The van der Waals surface area contributed by atoms with E-state index in [4.69, 9.17) is 0 Å². The van der Waals surface area contributed by atoms with Gasteiger partial charge in [-0.3, -0.25) is 14.5 Å². The lowest BCUT2D eigenvalue weighted by molar-refractivity contribution is -0.132. The Balaban J connectivity index is 1.36. The molecule has 5 aromatic rings. The van der Waals surface area contributed by atoms with Crippen molar-refractivity contribution >= 4 is 56.5 Å². The van der Waals surface area contributed by atoms with Crippen molar-refractivity contribution in [1.82, 2.24) is 10.2 Å². The predicted octanol–water partition coefficient (Wildman–Crippen LogP) is 7.06. The number of aliphatic hydroxyl groups is 1. The lowest BCUT2D eigenvalue weighted by Crippen LogP contribution is -2.29. The monoisotopic (exact) mass is 567 g/mol. The summed E-state index contributed by atoms with van der Waals surface area (Å²) in [5, 5.41) is 22.3. The molecule has 4 aromatic carbocycles. The highest BCUT2D eigenvalue weighted by Gasteiger charge is 2.48. The standard InChI is InChI=1S/C31H22FN3O3S2/c1-18-14-15-21(16-24(18)32)27(36)25-26(20-9-3-2-4-10-20)35(29(38)28(25)37)30-33-34-31(40-30)39-17-22-12-7-11-19-8-5-6-13-23(19)22/h2-16,26,36H,17H2,1H3. The zero-order valence-electron chi connectivity index (χ0n) is 21.2. The van der Waals surface area contributed by atoms with Gasteiger partial charge in [-0.15, -0.1) is 10.2 Å². The van der Waals surface area contributed by atoms with Crippen LogP contribution >= 0.6 is 23.1 Å². The molecule has 6 nitrogen and oxygen atoms in total. The van der Waals surface area contributed by atoms with Crippen molar-refractivity contribution in [3.8, 4) is 0 Å². The highest BCUT2D eigenvalue weighted by Crippen LogP contribution is 2.44. The first-order valence-electron chi connectivity index (χ1n) is 12.5. The Morgan fingerprint density at radius 3 is 2.52 bits per heavy atom. The Hall–Kier alpha value is -4.34. The van der Waals surface area contributed by atoms with Crippen LogP contribution in [0.5, 0.6) is 0 Å². The third-order valence-corrected chi connectivity index (χ3v) is 8.94. The Labute approximate surface area is 237 Å². The molecule has 2 heterocycles. The van der Waals surface area contributed by atoms with Crippen molar-refractivity contribution < 1.29 is 19.1 Å². The number of ketones is 1. The van der Waals surface area contributed by atoms with Crippen molar-refractivity contribution in [2.24, 2.45) is 0 Å². The number of thioether (sulfide) groups is 1. The number of aromatic nitrogens is 2. The van der Waals surface area contributed by atoms with Crippen LogP contribution in [0.15, 0.2) is 101 Å². The molecule has 6 rings (SSSR count). The van der Waals surface area contributed by atoms with E-state index < -0.39 is 29.3 Å². The molecule has 1 fully saturated rings. The third-order valence-electron chi connectivity index (χ3n) is 6.84. The number of hydrogen-bond acceptors (Lipinski definition) is 7. The van der Waals surface area contributed by atoms with E-state index in [2.05, 4.69) is 34.5 Å². The van der Waals surface area contributed by atoms with Crippen LogP contribution in [0.3, 0.4) is 0 Å². The van der Waals surface area contributed by atoms with Crippen LogP contribution in [0.4, 0.5) is 9.52 Å². The molecule has 1 saturated heterocycles. The lowest BCUT2D eigenvalue weighted by Gasteiger charge is -2.22. The summed E-state index contributed by atoms with van der Waals surface area (Å²) in [6, 6.07) is 26.5. The Kier molecular flexibility index (Phi) is 6.91. The van der Waals surface area contributed by atoms with Crippen molar-refractivity contribution in [1.29, 1.82) is 0 Å². The fourth-order valence-electron chi connectivity index (χ4n) is 4.79. The lowest BCUT2D eigenvalue weighted by atomic mass is 9.95. The topological polar surface area (TPSA) is 83.4 Å². The van der Waals surface area contributed by atoms with Gasteiger partial charge in [0, 0.05) is 11.3 Å². The number of amides is 1. The van der Waals surface area contributed by atoms with Gasteiger partial charge in [-0.1, -0.05) is 108 Å². The molecule has 1 atom stereocenters. The summed E-state index contributed by atoms with van der Waals surface area (Å²) in [4.78, 5) is 28.0. The van der Waals surface area contributed by atoms with Gasteiger partial charge in [-0.05, 0) is 40.5 Å². The second-order valence-electron chi connectivity index (χ2n) is 9.32. The maximum atomic E-state index is 14.3. The number of fused-ring (bicyclic) bond motifs is 1. The van der Waals surface area contributed by atoms with E-state index in [9.17, 15) is 19.1 Å². The van der Waals surface area contributed by atoms with E-state index in [1.54, 1.807) is 31.2 Å². The molecule has 1 aromatic heterocycles. The van der Waals surface area contributed by atoms with Crippen LogP contribution in [0.2, 0.25) is 0 Å². The molecule has 1 N–H and O–H groups in total. The number of hydrogen-bond donors (Lipinski definition) is 1. The molecule has 0 bridgehead atoms. The molecule has 198 valence electrons. The van der Waals surface area contributed by atoms with Crippen LogP contribution in [0.1, 0.15) is 28.3 Å². The normalized spacial score (nSPS) is 16.6. The first-order valence-corrected chi connectivity index (χ1v) is 14.3. The van der Waals surface area contributed by atoms with Gasteiger partial charge in [0.25, 0.3) is 5.78 Å². The first kappa shape index (κ1) is 25.9. The van der Waals surface area contributed by atoms with Crippen LogP contribution in [-0.4, -0.2) is 27.0 Å². The molecule has 1 unspecified atom stereocenters. The van der Waals surface area contributed by atoms with Crippen molar-refractivity contribution in [3.05, 3.63) is 125 Å². The van der Waals surface area contributed by atoms with Gasteiger partial charge in [0.05, 0.1) is 11.6 Å². The summed E-state index contributed by atoms with van der Waals surface area (Å²) in [6.45, 7) is 1.60. The predicted molar refractivity (Wildman–Crippen MR) is 156 cm³/mol. The average molecular weight is 568 g/mol. The molecule has 1 amide bonds. The summed E-state index contributed by atoms with van der Waals surface area (Å²) in [7, 11) is 0. The maximum absolute atomic E-state index is 14.3. The number of carbonyl (C=O) groups excluding carboxylic acids is 2. The second-order valence-corrected chi connectivity index (χ2v) is 11.5. The van der Waals surface area contributed by atoms with E-state index >= 15 is 0 Å². The number of halogens is 1. The number of aryl methyl sites for hydroxylation is 1. The van der Waals surface area contributed by atoms with E-state index in [0.29, 0.717) is 21.2 Å². The minimum Gasteiger partial charge on any atom is -0.507 e. The summed E-state index contributed by atoms with van der Waals surface area (Å²) >= 11 is 2.70. The molecule has 1 aliphatic rings. The van der Waals surface area contributed by atoms with E-state index in [0.717, 1.165) is 22.4 Å². The zero-order chi connectivity index (χ0) is 27.8. The number of nitrogens with zero attached hydrogens (tertiary/aromatic N) is 3. The van der Waals surface area contributed by atoms with Crippen LogP contribution < -0.4 is 4.90 Å². The number of rotatable bonds is 6. The summed E-state index contributed by atoms with van der Waals surface area (Å²) in [5.41, 5.74) is 2.15. The number of anilines is 1. The van der Waals surface area contributed by atoms with Crippen LogP contribution in [0, 0.1) is 12.7 Å². The molecule has 0 radical (unpaired) electrons. The Morgan fingerprint density at radius 2 is 1.73 bits per heavy atom. The summed E-state index contributed by atoms with van der Waals surface area (Å²) in [5.74, 6) is -2.01. The van der Waals surface area contributed by atoms with Crippen LogP contribution in [-0.2, 0) is 15.3 Å². The molecule has 0 aliphatic carbocycles. The number of carbonyl (C=O) groups is 2. The van der Waals surface area contributed by atoms with Gasteiger partial charge >= 0.3 is 5.91 Å². The van der Waals surface area contributed by atoms with Crippen molar-refractivity contribution in [2.75, 3.05) is 4.90 Å². The minimum absolute atomic E-state index is 0.116. The van der Waals surface area contributed by atoms with Gasteiger partial charge in [0.2, 0.25) is 5.13 Å². The third kappa shape index (κ3) is 4.67. The highest BCUT2D eigenvalue weighted by molar-refractivity contribution is 8.00. The summed E-state index contributed by atoms with van der Waals surface area (Å²) < 4.78 is 15.0. The molecular weight excluding hydrogens is 545 g/mol. The van der Waals surface area contributed by atoms with Crippen molar-refractivity contribution in [2.45, 2.75) is 23.1 Å². The molecule has 9 heteroatoms. The quantitative estimate of drug-likeness (QED) is 0.0778. The van der Waals surface area contributed by atoms with E-state index in [1.165, 1.54) is 40.1 Å². The highest BCUT2D eigenvalue weighted by atomic mass is 32.2. The average Bonchev–Trinajstić information content (AvgIpc) is 3.55.